The number of esters is 1. The van der Waals surface area contributed by atoms with Crippen LogP contribution in [-0.4, -0.2) is 55.2 Å². The van der Waals surface area contributed by atoms with Gasteiger partial charge in [0.2, 0.25) is 0 Å². The molecule has 1 fully saturated rings. The van der Waals surface area contributed by atoms with Crippen LogP contribution in [0.1, 0.15) is 20.7 Å². The van der Waals surface area contributed by atoms with Crippen LogP contribution < -0.4 is 5.32 Å². The van der Waals surface area contributed by atoms with Crippen molar-refractivity contribution in [3.05, 3.63) is 52.7 Å². The highest BCUT2D eigenvalue weighted by molar-refractivity contribution is 6.33. The monoisotopic (exact) mass is 375 g/mol. The van der Waals surface area contributed by atoms with Crippen LogP contribution in [0.15, 0.2) is 36.5 Å². The number of benzene rings is 1. The predicted octanol–water partition coefficient (Wildman–Crippen LogP) is 2.74. The summed E-state index contributed by atoms with van der Waals surface area (Å²) in [6, 6.07) is 8.16. The molecule has 0 unspecified atom stereocenters. The van der Waals surface area contributed by atoms with Gasteiger partial charge < -0.3 is 19.7 Å². The Morgan fingerprint density at radius 2 is 1.92 bits per heavy atom. The molecule has 1 amide bonds. The van der Waals surface area contributed by atoms with Crippen molar-refractivity contribution < 1.29 is 19.1 Å². The van der Waals surface area contributed by atoms with Crippen molar-refractivity contribution >= 4 is 35.0 Å². The highest BCUT2D eigenvalue weighted by Crippen LogP contribution is 2.26. The predicted molar refractivity (Wildman–Crippen MR) is 97.0 cm³/mol. The number of carbonyl (C=O) groups is 2. The van der Waals surface area contributed by atoms with E-state index >= 15 is 0 Å². The van der Waals surface area contributed by atoms with Gasteiger partial charge in [-0.1, -0.05) is 11.6 Å². The fourth-order valence-electron chi connectivity index (χ4n) is 2.55. The second-order valence-electron chi connectivity index (χ2n) is 5.65. The number of halogens is 1. The number of carbonyl (C=O) groups excluding carboxylic acids is 2. The Balaban J connectivity index is 1.73. The molecule has 0 spiro atoms. The zero-order valence-electron chi connectivity index (χ0n) is 14.2. The molecule has 1 aliphatic heterocycles. The second-order valence-corrected chi connectivity index (χ2v) is 6.06. The molecule has 2 aromatic rings. The highest BCUT2D eigenvalue weighted by Gasteiger charge is 2.18. The standard InChI is InChI=1S/C18H18ClN3O4/c1-25-18(24)12-2-4-14(19)15(10-12)21-16-5-3-13(11-20-16)17(23)22-6-8-26-9-7-22/h2-5,10-11H,6-9H2,1H3,(H,20,21). The molecule has 7 nitrogen and oxygen atoms in total. The van der Waals surface area contributed by atoms with Crippen molar-refractivity contribution in [1.82, 2.24) is 9.88 Å². The average Bonchev–Trinajstić information content (AvgIpc) is 2.69. The Hall–Kier alpha value is -2.64. The molecule has 0 radical (unpaired) electrons. The molecule has 0 bridgehead atoms. The molecular weight excluding hydrogens is 358 g/mol. The van der Waals surface area contributed by atoms with Gasteiger partial charge in [-0.25, -0.2) is 9.78 Å². The number of rotatable bonds is 4. The summed E-state index contributed by atoms with van der Waals surface area (Å²) in [6.07, 6.45) is 1.51. The van der Waals surface area contributed by atoms with E-state index in [9.17, 15) is 9.59 Å². The van der Waals surface area contributed by atoms with Crippen molar-refractivity contribution in [1.29, 1.82) is 0 Å². The zero-order valence-corrected chi connectivity index (χ0v) is 15.0. The number of amides is 1. The minimum Gasteiger partial charge on any atom is -0.465 e. The SMILES string of the molecule is COC(=O)c1ccc(Cl)c(Nc2ccc(C(=O)N3CCOCC3)cn2)c1. The number of pyridine rings is 1. The van der Waals surface area contributed by atoms with Gasteiger partial charge in [0, 0.05) is 19.3 Å². The normalized spacial score (nSPS) is 14.0. The van der Waals surface area contributed by atoms with E-state index in [-0.39, 0.29) is 5.91 Å². The molecule has 0 atom stereocenters. The summed E-state index contributed by atoms with van der Waals surface area (Å²) in [4.78, 5) is 30.1. The Morgan fingerprint density at radius 3 is 2.58 bits per heavy atom. The number of morpholine rings is 1. The lowest BCUT2D eigenvalue weighted by Crippen LogP contribution is -2.40. The first-order chi connectivity index (χ1) is 12.6. The fraction of sp³-hybridized carbons (Fsp3) is 0.278. The topological polar surface area (TPSA) is 80.8 Å². The van der Waals surface area contributed by atoms with E-state index in [2.05, 4.69) is 10.3 Å². The molecule has 1 saturated heterocycles. The van der Waals surface area contributed by atoms with E-state index in [1.807, 2.05) is 0 Å². The van der Waals surface area contributed by atoms with Crippen LogP contribution in [0.4, 0.5) is 11.5 Å². The summed E-state index contributed by atoms with van der Waals surface area (Å²) in [5.74, 6) is -0.0188. The third-order valence-corrected chi connectivity index (χ3v) is 4.29. The number of aromatic nitrogens is 1. The van der Waals surface area contributed by atoms with Crippen LogP contribution in [0.2, 0.25) is 5.02 Å². The smallest absolute Gasteiger partial charge is 0.337 e. The van der Waals surface area contributed by atoms with Crippen molar-refractivity contribution in [2.75, 3.05) is 38.7 Å². The maximum absolute atomic E-state index is 12.4. The first kappa shape index (κ1) is 18.2. The number of hydrogen-bond acceptors (Lipinski definition) is 6. The first-order valence-electron chi connectivity index (χ1n) is 8.06. The minimum absolute atomic E-state index is 0.0712. The zero-order chi connectivity index (χ0) is 18.5. The lowest BCUT2D eigenvalue weighted by molar-refractivity contribution is 0.0302. The van der Waals surface area contributed by atoms with Crippen molar-refractivity contribution in [2.45, 2.75) is 0 Å². The summed E-state index contributed by atoms with van der Waals surface area (Å²) < 4.78 is 9.96. The Morgan fingerprint density at radius 1 is 1.19 bits per heavy atom. The van der Waals surface area contributed by atoms with Gasteiger partial charge in [0.15, 0.2) is 0 Å². The van der Waals surface area contributed by atoms with E-state index in [0.717, 1.165) is 0 Å². The van der Waals surface area contributed by atoms with Gasteiger partial charge in [-0.05, 0) is 30.3 Å². The number of nitrogens with one attached hydrogen (secondary N) is 1. The fourth-order valence-corrected chi connectivity index (χ4v) is 2.71. The van der Waals surface area contributed by atoms with Crippen LogP contribution in [0.3, 0.4) is 0 Å². The summed E-state index contributed by atoms with van der Waals surface area (Å²) >= 11 is 6.16. The lowest BCUT2D eigenvalue weighted by Gasteiger charge is -2.26. The molecule has 0 aliphatic carbocycles. The van der Waals surface area contributed by atoms with E-state index < -0.39 is 5.97 Å². The molecule has 136 valence electrons. The Labute approximate surface area is 155 Å². The molecule has 2 heterocycles. The first-order valence-corrected chi connectivity index (χ1v) is 8.44. The third kappa shape index (κ3) is 4.12. The van der Waals surface area contributed by atoms with Gasteiger partial charge in [-0.2, -0.15) is 0 Å². The minimum atomic E-state index is -0.455. The molecule has 8 heteroatoms. The average molecular weight is 376 g/mol. The van der Waals surface area contributed by atoms with Gasteiger partial charge in [-0.15, -0.1) is 0 Å². The summed E-state index contributed by atoms with van der Waals surface area (Å²) in [5, 5.41) is 3.48. The largest absolute Gasteiger partial charge is 0.465 e. The van der Waals surface area contributed by atoms with Crippen LogP contribution in [0, 0.1) is 0 Å². The van der Waals surface area contributed by atoms with Crippen LogP contribution in [0.25, 0.3) is 0 Å². The molecule has 1 N–H and O–H groups in total. The Bertz CT molecular complexity index is 805. The van der Waals surface area contributed by atoms with Gasteiger partial charge in [0.05, 0.1) is 42.2 Å². The highest BCUT2D eigenvalue weighted by atomic mass is 35.5. The van der Waals surface area contributed by atoms with E-state index in [1.54, 1.807) is 35.2 Å². The number of ether oxygens (including phenoxy) is 2. The number of anilines is 2. The maximum atomic E-state index is 12.4. The lowest BCUT2D eigenvalue weighted by atomic mass is 10.2. The molecule has 26 heavy (non-hydrogen) atoms. The van der Waals surface area contributed by atoms with E-state index in [4.69, 9.17) is 21.1 Å². The summed E-state index contributed by atoms with van der Waals surface area (Å²) in [5.41, 5.74) is 1.40. The Kier molecular flexibility index (Phi) is 5.70. The number of hydrogen-bond donors (Lipinski definition) is 1. The van der Waals surface area contributed by atoms with Gasteiger partial charge in [0.25, 0.3) is 5.91 Å². The molecule has 1 aliphatic rings. The number of nitrogens with zero attached hydrogens (tertiary/aromatic N) is 2. The quantitative estimate of drug-likeness (QED) is 0.827. The second kappa shape index (κ2) is 8.16. The molecular formula is C18H18ClN3O4. The van der Waals surface area contributed by atoms with Crippen LogP contribution >= 0.6 is 11.6 Å². The van der Waals surface area contributed by atoms with Crippen molar-refractivity contribution in [2.24, 2.45) is 0 Å². The molecule has 1 aromatic carbocycles. The molecule has 1 aromatic heterocycles. The summed E-state index contributed by atoms with van der Waals surface area (Å²) in [7, 11) is 1.32. The van der Waals surface area contributed by atoms with Crippen molar-refractivity contribution in [3.63, 3.8) is 0 Å². The van der Waals surface area contributed by atoms with E-state index in [1.165, 1.54) is 13.3 Å². The van der Waals surface area contributed by atoms with Crippen LogP contribution in [0.5, 0.6) is 0 Å². The molecule has 3 rings (SSSR count). The van der Waals surface area contributed by atoms with Gasteiger partial charge >= 0.3 is 5.97 Å². The maximum Gasteiger partial charge on any atom is 0.337 e. The van der Waals surface area contributed by atoms with Crippen LogP contribution in [-0.2, 0) is 9.47 Å². The third-order valence-electron chi connectivity index (χ3n) is 3.96. The van der Waals surface area contributed by atoms with Gasteiger partial charge in [0.1, 0.15) is 5.82 Å². The summed E-state index contributed by atoms with van der Waals surface area (Å²) in [6.45, 7) is 2.26. The molecule has 0 saturated carbocycles. The number of methoxy groups -OCH3 is 1. The van der Waals surface area contributed by atoms with Gasteiger partial charge in [-0.3, -0.25) is 4.79 Å². The van der Waals surface area contributed by atoms with E-state index in [0.29, 0.717) is 54.0 Å². The van der Waals surface area contributed by atoms with Crippen molar-refractivity contribution in [3.8, 4) is 0 Å².